The van der Waals surface area contributed by atoms with Crippen molar-refractivity contribution in [3.63, 3.8) is 0 Å². The molecule has 1 aliphatic heterocycles. The molecule has 0 bridgehead atoms. The summed E-state index contributed by atoms with van der Waals surface area (Å²) >= 11 is 0. The van der Waals surface area contributed by atoms with Gasteiger partial charge in [0, 0.05) is 11.7 Å². The number of aromatic nitrogens is 1. The van der Waals surface area contributed by atoms with Gasteiger partial charge in [0.15, 0.2) is 0 Å². The minimum Gasteiger partial charge on any atom is -0.492 e. The summed E-state index contributed by atoms with van der Waals surface area (Å²) in [6.07, 6.45) is 8.59. The Morgan fingerprint density at radius 2 is 2.29 bits per heavy atom. The molecule has 0 radical (unpaired) electrons. The van der Waals surface area contributed by atoms with Crippen LogP contribution >= 0.6 is 0 Å². The molecule has 1 aliphatic rings. The van der Waals surface area contributed by atoms with Crippen LogP contribution in [0.3, 0.4) is 0 Å². The van der Waals surface area contributed by atoms with Crippen molar-refractivity contribution < 1.29 is 4.74 Å². The van der Waals surface area contributed by atoms with Crippen LogP contribution in [-0.4, -0.2) is 18.1 Å². The summed E-state index contributed by atoms with van der Waals surface area (Å²) in [6.45, 7) is 6.04. The van der Waals surface area contributed by atoms with Gasteiger partial charge in [-0.15, -0.1) is 0 Å². The molecule has 1 aromatic rings. The first-order valence-electron chi connectivity index (χ1n) is 6.64. The van der Waals surface area contributed by atoms with Gasteiger partial charge in [-0.05, 0) is 44.4 Å². The van der Waals surface area contributed by atoms with E-state index in [1.165, 1.54) is 31.2 Å². The van der Waals surface area contributed by atoms with E-state index < -0.39 is 0 Å². The van der Waals surface area contributed by atoms with Crippen molar-refractivity contribution in [1.82, 2.24) is 10.3 Å². The van der Waals surface area contributed by atoms with Gasteiger partial charge in [0.25, 0.3) is 0 Å². The average Bonchev–Trinajstić information content (AvgIpc) is 2.80. The lowest BCUT2D eigenvalue weighted by Gasteiger charge is -2.29. The largest absolute Gasteiger partial charge is 0.492 e. The Hall–Kier alpha value is -1.09. The van der Waals surface area contributed by atoms with Crippen molar-refractivity contribution in [2.45, 2.75) is 45.1 Å². The van der Waals surface area contributed by atoms with E-state index in [0.29, 0.717) is 6.61 Å². The fourth-order valence-electron chi connectivity index (χ4n) is 2.76. The third kappa shape index (κ3) is 2.60. The first-order valence-corrected chi connectivity index (χ1v) is 6.64. The first-order chi connectivity index (χ1) is 8.30. The van der Waals surface area contributed by atoms with Crippen molar-refractivity contribution in [3.05, 3.63) is 24.0 Å². The van der Waals surface area contributed by atoms with Crippen molar-refractivity contribution in [2.24, 2.45) is 0 Å². The van der Waals surface area contributed by atoms with Crippen LogP contribution in [0, 0.1) is 0 Å². The zero-order valence-corrected chi connectivity index (χ0v) is 10.8. The number of pyridine rings is 1. The second kappa shape index (κ2) is 5.50. The Labute approximate surface area is 104 Å². The highest BCUT2D eigenvalue weighted by Gasteiger charge is 2.34. The summed E-state index contributed by atoms with van der Waals surface area (Å²) in [4.78, 5) is 4.31. The van der Waals surface area contributed by atoms with Gasteiger partial charge in [0.1, 0.15) is 5.75 Å². The smallest absolute Gasteiger partial charge is 0.137 e. The summed E-state index contributed by atoms with van der Waals surface area (Å²) in [7, 11) is 0. The third-order valence-corrected chi connectivity index (χ3v) is 3.50. The van der Waals surface area contributed by atoms with E-state index in [1.54, 1.807) is 6.20 Å². The molecule has 2 rings (SSSR count). The molecule has 1 saturated heterocycles. The number of nitrogens with one attached hydrogen (secondary N) is 1. The number of rotatable bonds is 5. The summed E-state index contributed by atoms with van der Waals surface area (Å²) in [5.41, 5.74) is 1.41. The molecule has 1 N–H and O–H groups in total. The standard InChI is InChI=1S/C14H22N2O/c1-3-6-14(7-5-8-16-14)12-9-13(17-4-2)11-15-10-12/h9-11,16H,3-8H2,1-2H3. The molecule has 1 unspecified atom stereocenters. The molecule has 0 saturated carbocycles. The van der Waals surface area contributed by atoms with E-state index in [1.807, 2.05) is 13.1 Å². The molecule has 3 heteroatoms. The first kappa shape index (κ1) is 12.4. The van der Waals surface area contributed by atoms with Crippen LogP contribution in [0.2, 0.25) is 0 Å². The molecule has 1 fully saturated rings. The van der Waals surface area contributed by atoms with E-state index in [-0.39, 0.29) is 5.54 Å². The van der Waals surface area contributed by atoms with Crippen LogP contribution in [0.25, 0.3) is 0 Å². The Balaban J connectivity index is 2.26. The van der Waals surface area contributed by atoms with Crippen molar-refractivity contribution in [1.29, 1.82) is 0 Å². The molecule has 1 aromatic heterocycles. The Morgan fingerprint density at radius 3 is 2.94 bits per heavy atom. The highest BCUT2D eigenvalue weighted by Crippen LogP contribution is 2.36. The zero-order chi connectivity index (χ0) is 12.1. The molecule has 0 aliphatic carbocycles. The highest BCUT2D eigenvalue weighted by atomic mass is 16.5. The number of hydrogen-bond donors (Lipinski definition) is 1. The van der Waals surface area contributed by atoms with Gasteiger partial charge in [-0.1, -0.05) is 13.3 Å². The molecular formula is C14H22N2O. The molecule has 1 atom stereocenters. The topological polar surface area (TPSA) is 34.1 Å². The second-order valence-electron chi connectivity index (χ2n) is 4.70. The van der Waals surface area contributed by atoms with Crippen LogP contribution in [0.15, 0.2) is 18.5 Å². The Kier molecular flexibility index (Phi) is 4.00. The van der Waals surface area contributed by atoms with E-state index in [4.69, 9.17) is 4.74 Å². The lowest BCUT2D eigenvalue weighted by molar-refractivity contribution is 0.329. The molecular weight excluding hydrogens is 212 g/mol. The fraction of sp³-hybridized carbons (Fsp3) is 0.643. The van der Waals surface area contributed by atoms with E-state index in [0.717, 1.165) is 12.3 Å². The molecule has 3 nitrogen and oxygen atoms in total. The quantitative estimate of drug-likeness (QED) is 0.850. The van der Waals surface area contributed by atoms with E-state index in [9.17, 15) is 0 Å². The van der Waals surface area contributed by atoms with Crippen molar-refractivity contribution in [2.75, 3.05) is 13.2 Å². The predicted molar refractivity (Wildman–Crippen MR) is 69.2 cm³/mol. The maximum Gasteiger partial charge on any atom is 0.137 e. The predicted octanol–water partition coefficient (Wildman–Crippen LogP) is 2.86. The third-order valence-electron chi connectivity index (χ3n) is 3.50. The van der Waals surface area contributed by atoms with Crippen LogP contribution in [-0.2, 0) is 5.54 Å². The Bertz CT molecular complexity index is 359. The fourth-order valence-corrected chi connectivity index (χ4v) is 2.76. The van der Waals surface area contributed by atoms with Crippen LogP contribution < -0.4 is 10.1 Å². The Morgan fingerprint density at radius 1 is 1.41 bits per heavy atom. The SMILES string of the molecule is CCCC1(c2cncc(OCC)c2)CCCN1. The van der Waals surface area contributed by atoms with Gasteiger partial charge < -0.3 is 10.1 Å². The highest BCUT2D eigenvalue weighted by molar-refractivity contribution is 5.30. The summed E-state index contributed by atoms with van der Waals surface area (Å²) in [6, 6.07) is 2.14. The lowest BCUT2D eigenvalue weighted by atomic mass is 9.85. The van der Waals surface area contributed by atoms with Crippen LogP contribution in [0.4, 0.5) is 0 Å². The minimum atomic E-state index is 0.134. The normalized spacial score (nSPS) is 23.9. The number of nitrogens with zero attached hydrogens (tertiary/aromatic N) is 1. The summed E-state index contributed by atoms with van der Waals surface area (Å²) in [5.74, 6) is 0.883. The molecule has 0 spiro atoms. The van der Waals surface area contributed by atoms with Crippen LogP contribution in [0.5, 0.6) is 5.75 Å². The van der Waals surface area contributed by atoms with Gasteiger partial charge >= 0.3 is 0 Å². The minimum absolute atomic E-state index is 0.134. The summed E-state index contributed by atoms with van der Waals surface area (Å²) < 4.78 is 5.54. The van der Waals surface area contributed by atoms with E-state index in [2.05, 4.69) is 23.3 Å². The summed E-state index contributed by atoms with van der Waals surface area (Å²) in [5, 5.41) is 3.66. The lowest BCUT2D eigenvalue weighted by Crippen LogP contribution is -2.36. The maximum atomic E-state index is 5.54. The van der Waals surface area contributed by atoms with Crippen molar-refractivity contribution >= 4 is 0 Å². The molecule has 0 aromatic carbocycles. The van der Waals surface area contributed by atoms with Gasteiger partial charge in [-0.25, -0.2) is 0 Å². The maximum absolute atomic E-state index is 5.54. The molecule has 17 heavy (non-hydrogen) atoms. The molecule has 94 valence electrons. The van der Waals surface area contributed by atoms with Gasteiger partial charge in [0.2, 0.25) is 0 Å². The average molecular weight is 234 g/mol. The second-order valence-corrected chi connectivity index (χ2v) is 4.70. The van der Waals surface area contributed by atoms with Gasteiger partial charge in [-0.2, -0.15) is 0 Å². The zero-order valence-electron chi connectivity index (χ0n) is 10.8. The number of hydrogen-bond acceptors (Lipinski definition) is 3. The molecule has 2 heterocycles. The number of ether oxygens (including phenoxy) is 1. The monoisotopic (exact) mass is 234 g/mol. The van der Waals surface area contributed by atoms with Gasteiger partial charge in [0.05, 0.1) is 12.8 Å². The van der Waals surface area contributed by atoms with Crippen molar-refractivity contribution in [3.8, 4) is 5.75 Å². The van der Waals surface area contributed by atoms with Gasteiger partial charge in [-0.3, -0.25) is 4.98 Å². The molecule has 0 amide bonds. The van der Waals surface area contributed by atoms with Crippen LogP contribution in [0.1, 0.15) is 45.1 Å². The van der Waals surface area contributed by atoms with E-state index >= 15 is 0 Å².